The summed E-state index contributed by atoms with van der Waals surface area (Å²) in [5.74, 6) is -0.864. The molecular weight excluding hydrogens is 314 g/mol. The van der Waals surface area contributed by atoms with Crippen LogP contribution < -0.4 is 5.48 Å². The number of allylic oxidation sites excluding steroid dienone is 1. The average Bonchev–Trinajstić information content (AvgIpc) is 2.57. The molecule has 0 saturated carbocycles. The van der Waals surface area contributed by atoms with Crippen LogP contribution in [0.4, 0.5) is 0 Å². The van der Waals surface area contributed by atoms with Crippen molar-refractivity contribution in [2.45, 2.75) is 33.6 Å². The Labute approximate surface area is 148 Å². The highest BCUT2D eigenvalue weighted by Crippen LogP contribution is 2.17. The van der Waals surface area contributed by atoms with E-state index in [1.165, 1.54) is 0 Å². The van der Waals surface area contributed by atoms with Gasteiger partial charge in [0, 0.05) is 6.42 Å². The summed E-state index contributed by atoms with van der Waals surface area (Å²) >= 11 is 0. The lowest BCUT2D eigenvalue weighted by molar-refractivity contribution is -0.129. The minimum atomic E-state index is -0.539. The molecule has 25 heavy (non-hydrogen) atoms. The number of carbonyl (C=O) groups excluding carboxylic acids is 2. The number of hydrogen-bond acceptors (Lipinski definition) is 3. The Bertz CT molecular complexity index is 756. The van der Waals surface area contributed by atoms with Crippen molar-refractivity contribution >= 4 is 18.0 Å². The molecule has 1 amide bonds. The standard InChI is InChI=1S/C21H23NO3/c1-15-13-16(2)20(17(3)14-15)21(24)25-22-19(23)12-8-7-11-18-9-5-4-6-10-18/h4-7,9-11,13-14H,8,12H2,1-3H3,(H,22,23)/b11-7+. The van der Waals surface area contributed by atoms with Gasteiger partial charge in [-0.2, -0.15) is 5.48 Å². The van der Waals surface area contributed by atoms with Crippen molar-refractivity contribution in [2.24, 2.45) is 0 Å². The van der Waals surface area contributed by atoms with Crippen LogP contribution in [0.3, 0.4) is 0 Å². The number of rotatable bonds is 5. The second-order valence-corrected chi connectivity index (χ2v) is 6.04. The molecule has 1 N–H and O–H groups in total. The molecule has 130 valence electrons. The highest BCUT2D eigenvalue weighted by atomic mass is 16.7. The van der Waals surface area contributed by atoms with E-state index >= 15 is 0 Å². The van der Waals surface area contributed by atoms with Gasteiger partial charge in [0.05, 0.1) is 5.56 Å². The molecule has 0 aliphatic carbocycles. The fourth-order valence-electron chi connectivity index (χ4n) is 2.71. The summed E-state index contributed by atoms with van der Waals surface area (Å²) in [6.45, 7) is 5.68. The first-order chi connectivity index (χ1) is 12.0. The number of benzene rings is 2. The smallest absolute Gasteiger partial charge is 0.335 e. The molecule has 0 heterocycles. The largest absolute Gasteiger partial charge is 0.363 e. The van der Waals surface area contributed by atoms with Gasteiger partial charge < -0.3 is 4.84 Å². The summed E-state index contributed by atoms with van der Waals surface area (Å²) in [7, 11) is 0. The Morgan fingerprint density at radius 1 is 1.04 bits per heavy atom. The number of carbonyl (C=O) groups is 2. The van der Waals surface area contributed by atoms with Crippen molar-refractivity contribution < 1.29 is 14.4 Å². The zero-order chi connectivity index (χ0) is 18.2. The van der Waals surface area contributed by atoms with E-state index in [-0.39, 0.29) is 12.3 Å². The van der Waals surface area contributed by atoms with Crippen molar-refractivity contribution in [1.29, 1.82) is 0 Å². The van der Waals surface area contributed by atoms with Crippen LogP contribution in [0.1, 0.15) is 45.5 Å². The molecule has 0 atom stereocenters. The number of nitrogens with one attached hydrogen (secondary N) is 1. The minimum Gasteiger partial charge on any atom is -0.335 e. The molecule has 0 bridgehead atoms. The molecule has 0 saturated heterocycles. The predicted molar refractivity (Wildman–Crippen MR) is 98.9 cm³/mol. The van der Waals surface area contributed by atoms with Gasteiger partial charge in [0.1, 0.15) is 0 Å². The molecule has 2 aromatic rings. The van der Waals surface area contributed by atoms with Crippen LogP contribution in [0.25, 0.3) is 6.08 Å². The number of hydroxylamine groups is 1. The molecule has 2 aromatic carbocycles. The zero-order valence-corrected chi connectivity index (χ0v) is 14.8. The number of hydrogen-bond donors (Lipinski definition) is 1. The molecule has 4 heteroatoms. The first-order valence-corrected chi connectivity index (χ1v) is 8.27. The third kappa shape index (κ3) is 5.60. The van der Waals surface area contributed by atoms with Crippen molar-refractivity contribution in [3.05, 3.63) is 76.4 Å². The molecule has 0 aliphatic heterocycles. The fraction of sp³-hybridized carbons (Fsp3) is 0.238. The monoisotopic (exact) mass is 337 g/mol. The van der Waals surface area contributed by atoms with Gasteiger partial charge in [-0.25, -0.2) is 4.79 Å². The van der Waals surface area contributed by atoms with E-state index in [4.69, 9.17) is 4.84 Å². The summed E-state index contributed by atoms with van der Waals surface area (Å²) in [6.07, 6.45) is 4.70. The van der Waals surface area contributed by atoms with Gasteiger partial charge in [0.2, 0.25) is 0 Å². The molecule has 0 spiro atoms. The van der Waals surface area contributed by atoms with Gasteiger partial charge in [-0.1, -0.05) is 60.2 Å². The summed E-state index contributed by atoms with van der Waals surface area (Å²) in [5, 5.41) is 0. The maximum absolute atomic E-state index is 12.2. The van der Waals surface area contributed by atoms with Crippen molar-refractivity contribution in [1.82, 2.24) is 5.48 Å². The molecule has 0 unspecified atom stereocenters. The average molecular weight is 337 g/mol. The van der Waals surface area contributed by atoms with Crippen molar-refractivity contribution in [3.8, 4) is 0 Å². The maximum Gasteiger partial charge on any atom is 0.363 e. The van der Waals surface area contributed by atoms with Gasteiger partial charge in [0.15, 0.2) is 0 Å². The van der Waals surface area contributed by atoms with Gasteiger partial charge in [-0.3, -0.25) is 4.79 Å². The predicted octanol–water partition coefficient (Wildman–Crippen LogP) is 4.29. The van der Waals surface area contributed by atoms with Crippen LogP contribution >= 0.6 is 0 Å². The molecule has 0 aromatic heterocycles. The lowest BCUT2D eigenvalue weighted by Gasteiger charge is -2.10. The van der Waals surface area contributed by atoms with Gasteiger partial charge in [0.25, 0.3) is 5.91 Å². The molecular formula is C21H23NO3. The third-order valence-electron chi connectivity index (χ3n) is 3.79. The Morgan fingerprint density at radius 2 is 1.68 bits per heavy atom. The summed E-state index contributed by atoms with van der Waals surface area (Å²) in [5.41, 5.74) is 6.56. The maximum atomic E-state index is 12.2. The summed E-state index contributed by atoms with van der Waals surface area (Å²) in [6, 6.07) is 13.7. The minimum absolute atomic E-state index is 0.252. The fourth-order valence-corrected chi connectivity index (χ4v) is 2.71. The normalized spacial score (nSPS) is 10.7. The van der Waals surface area contributed by atoms with Crippen LogP contribution in [-0.2, 0) is 9.63 Å². The van der Waals surface area contributed by atoms with E-state index < -0.39 is 5.97 Å². The van der Waals surface area contributed by atoms with E-state index in [9.17, 15) is 9.59 Å². The SMILES string of the molecule is Cc1cc(C)c(C(=O)ONC(=O)CC/C=C/c2ccccc2)c(C)c1. The van der Waals surface area contributed by atoms with Crippen LogP contribution in [0, 0.1) is 20.8 Å². The second-order valence-electron chi connectivity index (χ2n) is 6.04. The van der Waals surface area contributed by atoms with E-state index in [1.54, 1.807) is 0 Å². The Balaban J connectivity index is 1.80. The van der Waals surface area contributed by atoms with Gasteiger partial charge in [-0.05, 0) is 43.9 Å². The summed E-state index contributed by atoms with van der Waals surface area (Å²) in [4.78, 5) is 28.9. The Hall–Kier alpha value is -2.88. The van der Waals surface area contributed by atoms with Crippen LogP contribution in [0.2, 0.25) is 0 Å². The van der Waals surface area contributed by atoms with Crippen LogP contribution in [0.5, 0.6) is 0 Å². The topological polar surface area (TPSA) is 55.4 Å². The summed E-state index contributed by atoms with van der Waals surface area (Å²) < 4.78 is 0. The third-order valence-corrected chi connectivity index (χ3v) is 3.79. The van der Waals surface area contributed by atoms with E-state index in [0.717, 1.165) is 22.3 Å². The van der Waals surface area contributed by atoms with E-state index in [1.807, 2.05) is 75.4 Å². The molecule has 0 radical (unpaired) electrons. The van der Waals surface area contributed by atoms with E-state index in [0.29, 0.717) is 12.0 Å². The van der Waals surface area contributed by atoms with Crippen LogP contribution in [-0.4, -0.2) is 11.9 Å². The van der Waals surface area contributed by atoms with E-state index in [2.05, 4.69) is 5.48 Å². The first-order valence-electron chi connectivity index (χ1n) is 8.27. The molecule has 0 fully saturated rings. The lowest BCUT2D eigenvalue weighted by atomic mass is 10.0. The molecule has 2 rings (SSSR count). The number of aryl methyl sites for hydroxylation is 3. The first kappa shape index (κ1) is 18.5. The zero-order valence-electron chi connectivity index (χ0n) is 14.8. The van der Waals surface area contributed by atoms with Crippen molar-refractivity contribution in [2.75, 3.05) is 0 Å². The number of amides is 1. The highest BCUT2D eigenvalue weighted by molar-refractivity contribution is 5.93. The highest BCUT2D eigenvalue weighted by Gasteiger charge is 2.15. The molecule has 4 nitrogen and oxygen atoms in total. The van der Waals surface area contributed by atoms with Gasteiger partial charge in [-0.15, -0.1) is 0 Å². The van der Waals surface area contributed by atoms with Crippen molar-refractivity contribution in [3.63, 3.8) is 0 Å². The van der Waals surface area contributed by atoms with Gasteiger partial charge >= 0.3 is 5.97 Å². The Kier molecular flexibility index (Phi) is 6.52. The quantitative estimate of drug-likeness (QED) is 0.828. The molecule has 0 aliphatic rings. The van der Waals surface area contributed by atoms with Crippen LogP contribution in [0.15, 0.2) is 48.5 Å². The Morgan fingerprint density at radius 3 is 2.32 bits per heavy atom. The lowest BCUT2D eigenvalue weighted by Crippen LogP contribution is -2.27. The second kappa shape index (κ2) is 8.83.